The number of hydrogen-bond acceptors (Lipinski definition) is 2. The van der Waals surface area contributed by atoms with E-state index in [1.54, 1.807) is 0 Å². The molecular formula is C16H22N2O. The van der Waals surface area contributed by atoms with Crippen LogP contribution in [-0.4, -0.2) is 23.4 Å². The van der Waals surface area contributed by atoms with Crippen molar-refractivity contribution in [3.8, 4) is 0 Å². The predicted octanol–water partition coefficient (Wildman–Crippen LogP) is 2.70. The fraction of sp³-hybridized carbons (Fsp3) is 0.562. The summed E-state index contributed by atoms with van der Waals surface area (Å²) in [6, 6.07) is 10.3. The molecule has 3 rings (SSSR count). The molecule has 1 saturated carbocycles. The zero-order chi connectivity index (χ0) is 13.5. The Labute approximate surface area is 115 Å². The third-order valence-electron chi connectivity index (χ3n) is 4.43. The lowest BCUT2D eigenvalue weighted by Crippen LogP contribution is -2.35. The van der Waals surface area contributed by atoms with Gasteiger partial charge in [0.15, 0.2) is 0 Å². The highest BCUT2D eigenvalue weighted by Gasteiger charge is 2.46. The monoisotopic (exact) mass is 258 g/mol. The van der Waals surface area contributed by atoms with Crippen LogP contribution >= 0.6 is 0 Å². The Hall–Kier alpha value is -1.35. The summed E-state index contributed by atoms with van der Waals surface area (Å²) in [5.41, 5.74) is 1.54. The molecule has 1 saturated heterocycles. The zero-order valence-corrected chi connectivity index (χ0v) is 11.7. The van der Waals surface area contributed by atoms with Crippen LogP contribution < -0.4 is 5.32 Å². The summed E-state index contributed by atoms with van der Waals surface area (Å²) in [6.07, 6.45) is 3.40. The van der Waals surface area contributed by atoms with Gasteiger partial charge in [0.25, 0.3) is 0 Å². The topological polar surface area (TPSA) is 32.3 Å². The summed E-state index contributed by atoms with van der Waals surface area (Å²) < 4.78 is 0. The number of rotatable bonds is 4. The highest BCUT2D eigenvalue weighted by Crippen LogP contribution is 2.47. The second kappa shape index (κ2) is 4.64. The van der Waals surface area contributed by atoms with Crippen LogP contribution in [0, 0.1) is 5.41 Å². The largest absolute Gasteiger partial charge is 0.321 e. The average Bonchev–Trinajstić information content (AvgIpc) is 3.08. The highest BCUT2D eigenvalue weighted by molar-refractivity contribution is 5.84. The molecule has 1 heterocycles. The van der Waals surface area contributed by atoms with Crippen molar-refractivity contribution in [3.63, 3.8) is 0 Å². The quantitative estimate of drug-likeness (QED) is 0.900. The van der Waals surface area contributed by atoms with Crippen molar-refractivity contribution in [1.29, 1.82) is 0 Å². The number of carbonyl (C=O) groups is 1. The first-order valence-electron chi connectivity index (χ1n) is 7.24. The molecular weight excluding hydrogens is 236 g/mol. The molecule has 1 aliphatic carbocycles. The van der Waals surface area contributed by atoms with E-state index in [9.17, 15) is 4.79 Å². The number of hydrogen-bond donors (Lipinski definition) is 1. The lowest BCUT2D eigenvalue weighted by Gasteiger charge is -2.27. The maximum Gasteiger partial charge on any atom is 0.241 e. The Bertz CT molecular complexity index is 467. The number of carbonyl (C=O) groups excluding carboxylic acids is 1. The second-order valence-electron chi connectivity index (χ2n) is 6.22. The summed E-state index contributed by atoms with van der Waals surface area (Å²) >= 11 is 0. The molecule has 0 spiro atoms. The van der Waals surface area contributed by atoms with Crippen molar-refractivity contribution in [3.05, 3.63) is 35.9 Å². The maximum absolute atomic E-state index is 12.5. The van der Waals surface area contributed by atoms with Crippen LogP contribution in [0.1, 0.15) is 44.8 Å². The van der Waals surface area contributed by atoms with Crippen molar-refractivity contribution in [2.24, 2.45) is 5.41 Å². The Morgan fingerprint density at radius 1 is 1.32 bits per heavy atom. The van der Waals surface area contributed by atoms with E-state index in [0.717, 1.165) is 13.0 Å². The molecule has 1 aromatic rings. The Balaban J connectivity index is 1.85. The Morgan fingerprint density at radius 2 is 2.00 bits per heavy atom. The molecule has 0 aromatic heterocycles. The second-order valence-corrected chi connectivity index (χ2v) is 6.22. The molecule has 0 radical (unpaired) electrons. The minimum atomic E-state index is -0.0208. The SMILES string of the molecule is CCC1NC(c2ccccc2)N(CC2(C)CC2)C1=O. The number of nitrogens with one attached hydrogen (secondary N) is 1. The Morgan fingerprint density at radius 3 is 2.58 bits per heavy atom. The van der Waals surface area contributed by atoms with Gasteiger partial charge in [-0.2, -0.15) is 0 Å². The van der Waals surface area contributed by atoms with Gasteiger partial charge < -0.3 is 4.90 Å². The van der Waals surface area contributed by atoms with E-state index in [1.165, 1.54) is 18.4 Å². The molecule has 1 aliphatic heterocycles. The zero-order valence-electron chi connectivity index (χ0n) is 11.7. The van der Waals surface area contributed by atoms with Gasteiger partial charge in [-0.15, -0.1) is 0 Å². The van der Waals surface area contributed by atoms with Gasteiger partial charge in [-0.3, -0.25) is 10.1 Å². The number of nitrogens with zero attached hydrogens (tertiary/aromatic N) is 1. The first-order chi connectivity index (χ1) is 9.13. The van der Waals surface area contributed by atoms with Gasteiger partial charge >= 0.3 is 0 Å². The van der Waals surface area contributed by atoms with Crippen LogP contribution in [-0.2, 0) is 4.79 Å². The molecule has 2 fully saturated rings. The lowest BCUT2D eigenvalue weighted by atomic mass is 10.1. The minimum Gasteiger partial charge on any atom is -0.321 e. The maximum atomic E-state index is 12.5. The summed E-state index contributed by atoms with van der Waals surface area (Å²) in [5.74, 6) is 0.268. The van der Waals surface area contributed by atoms with E-state index >= 15 is 0 Å². The fourth-order valence-corrected chi connectivity index (χ4v) is 2.84. The van der Waals surface area contributed by atoms with E-state index in [0.29, 0.717) is 5.41 Å². The van der Waals surface area contributed by atoms with Crippen molar-refractivity contribution in [2.45, 2.75) is 45.3 Å². The van der Waals surface area contributed by atoms with Gasteiger partial charge in [0, 0.05) is 6.54 Å². The average molecular weight is 258 g/mol. The standard InChI is InChI=1S/C16H22N2O/c1-3-13-15(19)18(11-16(2)9-10-16)14(17-13)12-7-5-4-6-8-12/h4-8,13-14,17H,3,9-11H2,1-2H3. The van der Waals surface area contributed by atoms with Crippen LogP contribution in [0.2, 0.25) is 0 Å². The van der Waals surface area contributed by atoms with Crippen LogP contribution in [0.25, 0.3) is 0 Å². The van der Waals surface area contributed by atoms with E-state index < -0.39 is 0 Å². The number of benzene rings is 1. The van der Waals surface area contributed by atoms with Gasteiger partial charge in [-0.1, -0.05) is 44.2 Å². The summed E-state index contributed by atoms with van der Waals surface area (Å²) in [4.78, 5) is 14.5. The molecule has 1 N–H and O–H groups in total. The van der Waals surface area contributed by atoms with Crippen molar-refractivity contribution in [1.82, 2.24) is 10.2 Å². The van der Waals surface area contributed by atoms with Crippen LogP contribution in [0.5, 0.6) is 0 Å². The van der Waals surface area contributed by atoms with Crippen molar-refractivity contribution in [2.75, 3.05) is 6.54 Å². The van der Waals surface area contributed by atoms with Crippen molar-refractivity contribution < 1.29 is 4.79 Å². The smallest absolute Gasteiger partial charge is 0.241 e. The molecule has 102 valence electrons. The normalized spacial score (nSPS) is 28.7. The fourth-order valence-electron chi connectivity index (χ4n) is 2.84. The van der Waals surface area contributed by atoms with E-state index in [4.69, 9.17) is 0 Å². The third-order valence-corrected chi connectivity index (χ3v) is 4.43. The summed E-state index contributed by atoms with van der Waals surface area (Å²) in [5, 5.41) is 3.48. The molecule has 1 aromatic carbocycles. The minimum absolute atomic E-state index is 0.0208. The molecule has 1 amide bonds. The Kier molecular flexibility index (Phi) is 3.09. The van der Waals surface area contributed by atoms with Gasteiger partial charge in [-0.05, 0) is 30.2 Å². The molecule has 3 nitrogen and oxygen atoms in total. The van der Waals surface area contributed by atoms with Gasteiger partial charge in [-0.25, -0.2) is 0 Å². The lowest BCUT2D eigenvalue weighted by molar-refractivity contribution is -0.130. The van der Waals surface area contributed by atoms with Crippen LogP contribution in [0.4, 0.5) is 0 Å². The molecule has 3 heteroatoms. The van der Waals surface area contributed by atoms with Crippen LogP contribution in [0.3, 0.4) is 0 Å². The van der Waals surface area contributed by atoms with E-state index in [-0.39, 0.29) is 18.1 Å². The van der Waals surface area contributed by atoms with Gasteiger partial charge in [0.2, 0.25) is 5.91 Å². The molecule has 2 unspecified atom stereocenters. The van der Waals surface area contributed by atoms with Crippen molar-refractivity contribution >= 4 is 5.91 Å². The number of amides is 1. The first-order valence-corrected chi connectivity index (χ1v) is 7.24. The van der Waals surface area contributed by atoms with Gasteiger partial charge in [0.05, 0.1) is 6.04 Å². The molecule has 2 atom stereocenters. The highest BCUT2D eigenvalue weighted by atomic mass is 16.2. The summed E-state index contributed by atoms with van der Waals surface area (Å²) in [7, 11) is 0. The summed E-state index contributed by atoms with van der Waals surface area (Å²) in [6.45, 7) is 5.23. The van der Waals surface area contributed by atoms with E-state index in [2.05, 4.69) is 36.2 Å². The molecule has 19 heavy (non-hydrogen) atoms. The van der Waals surface area contributed by atoms with Gasteiger partial charge in [0.1, 0.15) is 6.17 Å². The molecule has 0 bridgehead atoms. The van der Waals surface area contributed by atoms with E-state index in [1.807, 2.05) is 18.2 Å². The van der Waals surface area contributed by atoms with Crippen LogP contribution in [0.15, 0.2) is 30.3 Å². The third kappa shape index (κ3) is 2.39. The predicted molar refractivity (Wildman–Crippen MR) is 75.5 cm³/mol. The molecule has 2 aliphatic rings. The first kappa shape index (κ1) is 12.7.